The Morgan fingerprint density at radius 2 is 2.09 bits per heavy atom. The number of pyridine rings is 1. The number of amides is 1. The van der Waals surface area contributed by atoms with Gasteiger partial charge in [-0.2, -0.15) is 5.10 Å². The molecule has 0 spiro atoms. The Balaban J connectivity index is 1.42. The third kappa shape index (κ3) is 4.31. The second-order valence-electron chi connectivity index (χ2n) is 9.16. The molecule has 1 aliphatic rings. The molecule has 1 N–H and O–H groups in total. The van der Waals surface area contributed by atoms with Crippen molar-refractivity contribution in [1.82, 2.24) is 10.4 Å². The van der Waals surface area contributed by atoms with Gasteiger partial charge >= 0.3 is 0 Å². The number of carbonyl (C=O) groups is 1. The molecule has 0 saturated carbocycles. The maximum absolute atomic E-state index is 12.2. The van der Waals surface area contributed by atoms with Gasteiger partial charge in [-0.05, 0) is 74.1 Å². The number of benzene rings is 2. The van der Waals surface area contributed by atoms with Crippen LogP contribution in [0.1, 0.15) is 49.8 Å². The van der Waals surface area contributed by atoms with Crippen molar-refractivity contribution >= 4 is 28.7 Å². The van der Waals surface area contributed by atoms with Crippen LogP contribution in [0.4, 0.5) is 5.69 Å². The van der Waals surface area contributed by atoms with E-state index in [1.807, 2.05) is 30.3 Å². The molecule has 1 aromatic heterocycles. The lowest BCUT2D eigenvalue weighted by Crippen LogP contribution is -2.45. The Hall–Kier alpha value is -3.41. The van der Waals surface area contributed by atoms with Crippen LogP contribution in [0.5, 0.6) is 5.75 Å². The minimum atomic E-state index is -0.320. The first-order chi connectivity index (χ1) is 15.3. The molecule has 6 heteroatoms. The minimum absolute atomic E-state index is 0.127. The van der Waals surface area contributed by atoms with Crippen molar-refractivity contribution in [2.24, 2.45) is 5.10 Å². The van der Waals surface area contributed by atoms with Gasteiger partial charge in [-0.1, -0.05) is 25.1 Å². The molecule has 166 valence electrons. The molecule has 1 amide bonds. The Labute approximate surface area is 189 Å². The van der Waals surface area contributed by atoms with Gasteiger partial charge in [-0.3, -0.25) is 9.78 Å². The number of aromatic nitrogens is 1. The van der Waals surface area contributed by atoms with Gasteiger partial charge in [0.2, 0.25) is 0 Å². The van der Waals surface area contributed by atoms with Gasteiger partial charge in [-0.15, -0.1) is 0 Å². The van der Waals surface area contributed by atoms with Crippen LogP contribution in [0, 0.1) is 6.92 Å². The zero-order valence-electron chi connectivity index (χ0n) is 19.3. The highest BCUT2D eigenvalue weighted by atomic mass is 16.5. The van der Waals surface area contributed by atoms with E-state index < -0.39 is 0 Å². The lowest BCUT2D eigenvalue weighted by atomic mass is 9.79. The second-order valence-corrected chi connectivity index (χ2v) is 9.16. The number of rotatable bonds is 5. The number of nitrogens with zero attached hydrogens (tertiary/aromatic N) is 3. The summed E-state index contributed by atoms with van der Waals surface area (Å²) in [5, 5.41) is 5.13. The van der Waals surface area contributed by atoms with Crippen LogP contribution in [0.3, 0.4) is 0 Å². The number of carbonyl (C=O) groups excluding carboxylic acids is 1. The fourth-order valence-electron chi connectivity index (χ4n) is 4.42. The molecular formula is C26H30N4O2. The zero-order valence-corrected chi connectivity index (χ0v) is 19.3. The van der Waals surface area contributed by atoms with E-state index in [-0.39, 0.29) is 18.1 Å². The summed E-state index contributed by atoms with van der Waals surface area (Å²) in [5.41, 5.74) is 8.14. The number of hydrogen-bond acceptors (Lipinski definition) is 5. The molecule has 0 radical (unpaired) electrons. The largest absolute Gasteiger partial charge is 0.481 e. The quantitative estimate of drug-likeness (QED) is 0.467. The molecule has 0 fully saturated rings. The fourth-order valence-corrected chi connectivity index (χ4v) is 4.42. The molecule has 2 heterocycles. The highest BCUT2D eigenvalue weighted by molar-refractivity contribution is 5.87. The van der Waals surface area contributed by atoms with Crippen LogP contribution in [0.2, 0.25) is 0 Å². The first kappa shape index (κ1) is 21.8. The van der Waals surface area contributed by atoms with E-state index in [1.54, 1.807) is 12.4 Å². The molecular weight excluding hydrogens is 400 g/mol. The van der Waals surface area contributed by atoms with Gasteiger partial charge in [0.25, 0.3) is 5.91 Å². The molecule has 1 aliphatic heterocycles. The van der Waals surface area contributed by atoms with Crippen molar-refractivity contribution in [3.63, 3.8) is 0 Å². The maximum atomic E-state index is 12.2. The third-order valence-corrected chi connectivity index (χ3v) is 6.37. The predicted molar refractivity (Wildman–Crippen MR) is 130 cm³/mol. The average molecular weight is 431 g/mol. The summed E-state index contributed by atoms with van der Waals surface area (Å²) in [5.74, 6) is 0.717. The Morgan fingerprint density at radius 1 is 1.31 bits per heavy atom. The number of aryl methyl sites for hydroxylation is 1. The highest BCUT2D eigenvalue weighted by Crippen LogP contribution is 2.43. The summed E-state index contributed by atoms with van der Waals surface area (Å²) in [6.07, 6.45) is 4.51. The van der Waals surface area contributed by atoms with E-state index in [9.17, 15) is 4.79 Å². The summed E-state index contributed by atoms with van der Waals surface area (Å²) in [4.78, 5) is 18.9. The number of para-hydroxylation sites is 1. The monoisotopic (exact) mass is 430 g/mol. The Morgan fingerprint density at radius 3 is 2.91 bits per heavy atom. The van der Waals surface area contributed by atoms with Crippen molar-refractivity contribution in [3.8, 4) is 5.75 Å². The summed E-state index contributed by atoms with van der Waals surface area (Å²) < 4.78 is 5.67. The third-order valence-electron chi connectivity index (χ3n) is 6.37. The number of ether oxygens (including phenoxy) is 1. The number of nitrogens with one attached hydrogen (secondary N) is 1. The molecule has 0 saturated heterocycles. The smallest absolute Gasteiger partial charge is 0.277 e. The van der Waals surface area contributed by atoms with Crippen LogP contribution in [0.25, 0.3) is 10.9 Å². The molecule has 6 nitrogen and oxygen atoms in total. The van der Waals surface area contributed by atoms with E-state index in [4.69, 9.17) is 4.74 Å². The SMILES string of the molecule is Cc1cc2c(cc1/C=N\NC(=O)COc1cccc3cccnc13)C(C)CC(C)(C)N2C. The number of fused-ring (bicyclic) bond motifs is 2. The molecule has 0 aliphatic carbocycles. The lowest BCUT2D eigenvalue weighted by molar-refractivity contribution is -0.123. The van der Waals surface area contributed by atoms with Crippen LogP contribution in [-0.2, 0) is 4.79 Å². The summed E-state index contributed by atoms with van der Waals surface area (Å²) in [7, 11) is 2.16. The summed E-state index contributed by atoms with van der Waals surface area (Å²) in [6, 6.07) is 13.9. The van der Waals surface area contributed by atoms with Crippen molar-refractivity contribution < 1.29 is 9.53 Å². The highest BCUT2D eigenvalue weighted by Gasteiger charge is 2.34. The van der Waals surface area contributed by atoms with E-state index in [0.717, 1.165) is 28.5 Å². The van der Waals surface area contributed by atoms with E-state index in [2.05, 4.69) is 67.3 Å². The fraction of sp³-hybridized carbons (Fsp3) is 0.346. The van der Waals surface area contributed by atoms with Gasteiger partial charge in [0.15, 0.2) is 6.61 Å². The molecule has 3 aromatic rings. The van der Waals surface area contributed by atoms with E-state index in [0.29, 0.717) is 11.7 Å². The molecule has 0 bridgehead atoms. The average Bonchev–Trinajstić information content (AvgIpc) is 2.76. The van der Waals surface area contributed by atoms with Gasteiger partial charge < -0.3 is 9.64 Å². The first-order valence-corrected chi connectivity index (χ1v) is 10.9. The molecule has 32 heavy (non-hydrogen) atoms. The molecule has 1 unspecified atom stereocenters. The predicted octanol–water partition coefficient (Wildman–Crippen LogP) is 4.79. The molecule has 2 aromatic carbocycles. The normalized spacial score (nSPS) is 17.4. The van der Waals surface area contributed by atoms with Gasteiger partial charge in [0, 0.05) is 29.9 Å². The lowest BCUT2D eigenvalue weighted by Gasteiger charge is -2.45. The van der Waals surface area contributed by atoms with Gasteiger partial charge in [0.05, 0.1) is 6.21 Å². The summed E-state index contributed by atoms with van der Waals surface area (Å²) >= 11 is 0. The number of hydrazone groups is 1. The number of anilines is 1. The molecule has 1 atom stereocenters. The second kappa shape index (κ2) is 8.61. The first-order valence-electron chi connectivity index (χ1n) is 10.9. The topological polar surface area (TPSA) is 66.8 Å². The van der Waals surface area contributed by atoms with Crippen LogP contribution >= 0.6 is 0 Å². The van der Waals surface area contributed by atoms with Crippen LogP contribution in [-0.4, -0.2) is 36.3 Å². The van der Waals surface area contributed by atoms with Crippen LogP contribution < -0.4 is 15.1 Å². The standard InChI is InChI=1S/C26H30N4O2/c1-17-12-22-21(18(2)14-26(3,4)30(22)5)13-20(17)15-28-29-24(31)16-32-23-10-6-8-19-9-7-11-27-25(19)23/h6-13,15,18H,14,16H2,1-5H3,(H,29,31)/b28-15-. The van der Waals surface area contributed by atoms with Crippen LogP contribution in [0.15, 0.2) is 53.8 Å². The van der Waals surface area contributed by atoms with Crippen molar-refractivity contribution in [2.45, 2.75) is 45.6 Å². The van der Waals surface area contributed by atoms with Crippen molar-refractivity contribution in [2.75, 3.05) is 18.6 Å². The van der Waals surface area contributed by atoms with Crippen molar-refractivity contribution in [3.05, 3.63) is 65.4 Å². The maximum Gasteiger partial charge on any atom is 0.277 e. The van der Waals surface area contributed by atoms with E-state index >= 15 is 0 Å². The van der Waals surface area contributed by atoms with Gasteiger partial charge in [-0.25, -0.2) is 5.43 Å². The minimum Gasteiger partial charge on any atom is -0.481 e. The summed E-state index contributed by atoms with van der Waals surface area (Å²) in [6.45, 7) is 8.77. The molecule has 4 rings (SSSR count). The zero-order chi connectivity index (χ0) is 22.9. The van der Waals surface area contributed by atoms with Crippen molar-refractivity contribution in [1.29, 1.82) is 0 Å². The number of hydrogen-bond donors (Lipinski definition) is 1. The Kier molecular flexibility index (Phi) is 5.87. The Bertz CT molecular complexity index is 1180. The van der Waals surface area contributed by atoms with Gasteiger partial charge in [0.1, 0.15) is 11.3 Å². The van der Waals surface area contributed by atoms with E-state index in [1.165, 1.54) is 11.3 Å².